The lowest BCUT2D eigenvalue weighted by molar-refractivity contribution is 0.408. The first kappa shape index (κ1) is 15.2. The molecule has 0 heterocycles. The molecule has 20 heavy (non-hydrogen) atoms. The van der Waals surface area contributed by atoms with Crippen molar-refractivity contribution in [1.29, 1.82) is 0 Å². The Kier molecular flexibility index (Phi) is 4.59. The van der Waals surface area contributed by atoms with Crippen molar-refractivity contribution in [2.24, 2.45) is 5.73 Å². The second-order valence-corrected chi connectivity index (χ2v) is 5.59. The molecule has 0 saturated carbocycles. The zero-order valence-corrected chi connectivity index (χ0v) is 13.2. The Bertz CT molecular complexity index is 617. The molecular formula is C16H17Cl2NO. The van der Waals surface area contributed by atoms with E-state index < -0.39 is 0 Å². The molecule has 0 saturated heterocycles. The third kappa shape index (κ3) is 2.78. The number of halogens is 2. The third-order valence-corrected chi connectivity index (χ3v) is 4.20. The summed E-state index contributed by atoms with van der Waals surface area (Å²) in [7, 11) is 1.67. The molecule has 0 aromatic heterocycles. The standard InChI is InChI=1S/C16H17Cl2NO/c1-9-7-11(8-10(2)16(9)20-3)15(19)12-5-4-6-13(17)14(12)18/h4-8,15H,19H2,1-3H3. The summed E-state index contributed by atoms with van der Waals surface area (Å²) >= 11 is 12.3. The summed E-state index contributed by atoms with van der Waals surface area (Å²) < 4.78 is 5.37. The van der Waals surface area contributed by atoms with Gasteiger partial charge in [-0.25, -0.2) is 0 Å². The summed E-state index contributed by atoms with van der Waals surface area (Å²) in [6, 6.07) is 9.23. The van der Waals surface area contributed by atoms with E-state index in [-0.39, 0.29) is 6.04 Å². The van der Waals surface area contributed by atoms with Crippen molar-refractivity contribution in [3.8, 4) is 5.75 Å². The van der Waals surface area contributed by atoms with E-state index in [4.69, 9.17) is 33.7 Å². The smallest absolute Gasteiger partial charge is 0.124 e. The topological polar surface area (TPSA) is 35.2 Å². The van der Waals surface area contributed by atoms with E-state index in [0.717, 1.165) is 28.0 Å². The zero-order chi connectivity index (χ0) is 14.9. The molecule has 0 fully saturated rings. The van der Waals surface area contributed by atoms with Gasteiger partial charge in [-0.05, 0) is 42.2 Å². The van der Waals surface area contributed by atoms with Crippen molar-refractivity contribution < 1.29 is 4.74 Å². The maximum atomic E-state index is 6.33. The highest BCUT2D eigenvalue weighted by atomic mass is 35.5. The van der Waals surface area contributed by atoms with Gasteiger partial charge in [-0.15, -0.1) is 0 Å². The lowest BCUT2D eigenvalue weighted by atomic mass is 9.95. The number of ether oxygens (including phenoxy) is 1. The van der Waals surface area contributed by atoms with E-state index in [1.807, 2.05) is 38.1 Å². The molecule has 2 aromatic rings. The summed E-state index contributed by atoms with van der Waals surface area (Å²) in [4.78, 5) is 0. The highest BCUT2D eigenvalue weighted by Crippen LogP contribution is 2.34. The second-order valence-electron chi connectivity index (χ2n) is 4.81. The fourth-order valence-corrected chi connectivity index (χ4v) is 2.85. The molecule has 0 aliphatic heterocycles. The number of methoxy groups -OCH3 is 1. The van der Waals surface area contributed by atoms with Crippen molar-refractivity contribution in [1.82, 2.24) is 0 Å². The number of nitrogens with two attached hydrogens (primary N) is 1. The van der Waals surface area contributed by atoms with Crippen molar-refractivity contribution in [2.45, 2.75) is 19.9 Å². The fraction of sp³-hybridized carbons (Fsp3) is 0.250. The summed E-state index contributed by atoms with van der Waals surface area (Å²) in [6.45, 7) is 4.00. The molecule has 1 atom stereocenters. The first-order valence-corrected chi connectivity index (χ1v) is 7.06. The number of benzene rings is 2. The molecule has 2 N–H and O–H groups in total. The largest absolute Gasteiger partial charge is 0.496 e. The number of rotatable bonds is 3. The van der Waals surface area contributed by atoms with E-state index in [1.165, 1.54) is 0 Å². The predicted molar refractivity (Wildman–Crippen MR) is 85.0 cm³/mol. The van der Waals surface area contributed by atoms with Gasteiger partial charge in [0.15, 0.2) is 0 Å². The van der Waals surface area contributed by atoms with Gasteiger partial charge in [0, 0.05) is 0 Å². The van der Waals surface area contributed by atoms with Crippen LogP contribution in [0, 0.1) is 13.8 Å². The van der Waals surface area contributed by atoms with Crippen LogP contribution < -0.4 is 10.5 Å². The quantitative estimate of drug-likeness (QED) is 0.894. The molecule has 2 nitrogen and oxygen atoms in total. The zero-order valence-electron chi connectivity index (χ0n) is 11.7. The molecule has 2 aromatic carbocycles. The molecule has 106 valence electrons. The Morgan fingerprint density at radius 2 is 1.70 bits per heavy atom. The molecule has 0 spiro atoms. The lowest BCUT2D eigenvalue weighted by Crippen LogP contribution is -2.13. The first-order chi connectivity index (χ1) is 9.45. The minimum atomic E-state index is -0.315. The maximum Gasteiger partial charge on any atom is 0.124 e. The van der Waals surface area contributed by atoms with Crippen molar-refractivity contribution in [2.75, 3.05) is 7.11 Å². The average molecular weight is 310 g/mol. The molecular weight excluding hydrogens is 293 g/mol. The van der Waals surface area contributed by atoms with Gasteiger partial charge in [0.25, 0.3) is 0 Å². The van der Waals surface area contributed by atoms with Gasteiger partial charge in [0.1, 0.15) is 5.75 Å². The van der Waals surface area contributed by atoms with Crippen molar-refractivity contribution >= 4 is 23.2 Å². The SMILES string of the molecule is COc1c(C)cc(C(N)c2cccc(Cl)c2Cl)cc1C. The van der Waals surface area contributed by atoms with Gasteiger partial charge in [0.05, 0.1) is 23.2 Å². The van der Waals surface area contributed by atoms with Crippen LogP contribution in [0.15, 0.2) is 30.3 Å². The monoisotopic (exact) mass is 309 g/mol. The van der Waals surface area contributed by atoms with Crippen LogP contribution >= 0.6 is 23.2 Å². The Labute approximate surface area is 129 Å². The van der Waals surface area contributed by atoms with Crippen LogP contribution in [0.5, 0.6) is 5.75 Å². The Morgan fingerprint density at radius 3 is 2.25 bits per heavy atom. The van der Waals surface area contributed by atoms with Gasteiger partial charge in [-0.2, -0.15) is 0 Å². The average Bonchev–Trinajstić information content (AvgIpc) is 2.41. The Hall–Kier alpha value is -1.22. The Morgan fingerprint density at radius 1 is 1.10 bits per heavy atom. The van der Waals surface area contributed by atoms with Crippen LogP contribution in [0.1, 0.15) is 28.3 Å². The normalized spacial score (nSPS) is 12.3. The van der Waals surface area contributed by atoms with Crippen LogP contribution in [-0.2, 0) is 0 Å². The summed E-state index contributed by atoms with van der Waals surface area (Å²) in [5, 5.41) is 1.02. The van der Waals surface area contributed by atoms with Gasteiger partial charge in [-0.3, -0.25) is 0 Å². The van der Waals surface area contributed by atoms with Crippen LogP contribution in [0.4, 0.5) is 0 Å². The summed E-state index contributed by atoms with van der Waals surface area (Å²) in [6.07, 6.45) is 0. The van der Waals surface area contributed by atoms with E-state index in [2.05, 4.69) is 0 Å². The first-order valence-electron chi connectivity index (χ1n) is 6.30. The second kappa shape index (κ2) is 6.04. The molecule has 0 amide bonds. The van der Waals surface area contributed by atoms with Gasteiger partial charge >= 0.3 is 0 Å². The van der Waals surface area contributed by atoms with Gasteiger partial charge in [0.2, 0.25) is 0 Å². The van der Waals surface area contributed by atoms with Crippen LogP contribution in [0.3, 0.4) is 0 Å². The van der Waals surface area contributed by atoms with Crippen molar-refractivity contribution in [3.63, 3.8) is 0 Å². The minimum Gasteiger partial charge on any atom is -0.496 e. The molecule has 0 aliphatic carbocycles. The lowest BCUT2D eigenvalue weighted by Gasteiger charge is -2.18. The van der Waals surface area contributed by atoms with Gasteiger partial charge < -0.3 is 10.5 Å². The molecule has 2 rings (SSSR count). The maximum absolute atomic E-state index is 6.33. The highest BCUT2D eigenvalue weighted by Gasteiger charge is 2.16. The Balaban J connectivity index is 2.49. The number of hydrogen-bond donors (Lipinski definition) is 1. The van der Waals surface area contributed by atoms with Crippen LogP contribution in [0.2, 0.25) is 10.0 Å². The predicted octanol–water partition coefficient (Wildman–Crippen LogP) is 4.67. The van der Waals surface area contributed by atoms with E-state index >= 15 is 0 Å². The summed E-state index contributed by atoms with van der Waals surface area (Å²) in [5.41, 5.74) is 10.2. The van der Waals surface area contributed by atoms with E-state index in [9.17, 15) is 0 Å². The fourth-order valence-electron chi connectivity index (χ4n) is 2.43. The molecule has 0 aliphatic rings. The molecule has 0 bridgehead atoms. The van der Waals surface area contributed by atoms with Crippen LogP contribution in [0.25, 0.3) is 0 Å². The third-order valence-electron chi connectivity index (χ3n) is 3.36. The summed E-state index contributed by atoms with van der Waals surface area (Å²) in [5.74, 6) is 0.887. The minimum absolute atomic E-state index is 0.315. The van der Waals surface area contributed by atoms with E-state index in [1.54, 1.807) is 13.2 Å². The molecule has 0 radical (unpaired) electrons. The van der Waals surface area contributed by atoms with Crippen LogP contribution in [-0.4, -0.2) is 7.11 Å². The van der Waals surface area contributed by atoms with Crippen molar-refractivity contribution in [3.05, 3.63) is 62.6 Å². The number of aryl methyl sites for hydroxylation is 2. The highest BCUT2D eigenvalue weighted by molar-refractivity contribution is 6.42. The molecule has 1 unspecified atom stereocenters. The van der Waals surface area contributed by atoms with Gasteiger partial charge in [-0.1, -0.05) is 47.5 Å². The molecule has 4 heteroatoms. The van der Waals surface area contributed by atoms with E-state index in [0.29, 0.717) is 10.0 Å². The number of hydrogen-bond acceptors (Lipinski definition) is 2.